The van der Waals surface area contributed by atoms with E-state index in [1.165, 1.54) is 21.6 Å². The van der Waals surface area contributed by atoms with Crippen LogP contribution in [0.4, 0.5) is 0 Å². The smallest absolute Gasteiger partial charge is 0.355 e. The number of aromatic carboxylic acids is 1. The molecule has 0 atom stereocenters. The maximum absolute atomic E-state index is 11.6. The van der Waals surface area contributed by atoms with Crippen LogP contribution in [-0.2, 0) is 16.1 Å². The van der Waals surface area contributed by atoms with Gasteiger partial charge in [-0.15, -0.1) is 11.3 Å². The minimum atomic E-state index is -1.09. The Morgan fingerprint density at radius 3 is 2.89 bits per heavy atom. The summed E-state index contributed by atoms with van der Waals surface area (Å²) >= 11 is 1.18. The zero-order valence-corrected chi connectivity index (χ0v) is 10.9. The van der Waals surface area contributed by atoms with Crippen molar-refractivity contribution in [2.45, 2.75) is 19.4 Å². The van der Waals surface area contributed by atoms with Crippen LogP contribution in [0.1, 0.15) is 28.3 Å². The van der Waals surface area contributed by atoms with Crippen LogP contribution in [0.5, 0.6) is 0 Å². The van der Waals surface area contributed by atoms with Crippen LogP contribution >= 0.6 is 11.3 Å². The van der Waals surface area contributed by atoms with Gasteiger partial charge in [0.1, 0.15) is 5.01 Å². The molecular formula is C11H13N3O4S. The number of carboxylic acids is 1. The van der Waals surface area contributed by atoms with Gasteiger partial charge in [0, 0.05) is 18.3 Å². The molecule has 2 N–H and O–H groups in total. The molecule has 19 heavy (non-hydrogen) atoms. The summed E-state index contributed by atoms with van der Waals surface area (Å²) < 4.78 is 0. The molecule has 1 aliphatic heterocycles. The third kappa shape index (κ3) is 3.50. The lowest BCUT2D eigenvalue weighted by atomic mass is 10.4. The second-order valence-corrected chi connectivity index (χ2v) is 5.07. The number of nitrogens with one attached hydrogen (secondary N) is 1. The van der Waals surface area contributed by atoms with Crippen molar-refractivity contribution in [1.29, 1.82) is 0 Å². The first kappa shape index (κ1) is 13.5. The number of thiazole rings is 1. The maximum Gasteiger partial charge on any atom is 0.355 e. The summed E-state index contributed by atoms with van der Waals surface area (Å²) in [5, 5.41) is 13.3. The van der Waals surface area contributed by atoms with E-state index in [4.69, 9.17) is 5.11 Å². The number of hydrogen-bond donors (Lipinski definition) is 2. The summed E-state index contributed by atoms with van der Waals surface area (Å²) in [5.74, 6) is -1.35. The molecule has 102 valence electrons. The highest BCUT2D eigenvalue weighted by atomic mass is 32.1. The van der Waals surface area contributed by atoms with Crippen LogP contribution in [0, 0.1) is 0 Å². The van der Waals surface area contributed by atoms with E-state index < -0.39 is 5.97 Å². The molecule has 0 unspecified atom stereocenters. The number of carbonyl (C=O) groups excluding carboxylic acids is 2. The Kier molecular flexibility index (Phi) is 4.10. The van der Waals surface area contributed by atoms with Gasteiger partial charge in [-0.3, -0.25) is 9.59 Å². The average Bonchev–Trinajstić information content (AvgIpc) is 2.97. The molecule has 0 aromatic carbocycles. The highest BCUT2D eigenvalue weighted by molar-refractivity contribution is 7.09. The predicted octanol–water partition coefficient (Wildman–Crippen LogP) is 0.0799. The number of aromatic nitrogens is 1. The summed E-state index contributed by atoms with van der Waals surface area (Å²) in [6.07, 6.45) is 1.29. The molecular weight excluding hydrogens is 270 g/mol. The molecule has 7 nitrogen and oxygen atoms in total. The lowest BCUT2D eigenvalue weighted by molar-refractivity contribution is -0.133. The molecule has 2 heterocycles. The molecule has 1 fully saturated rings. The molecule has 0 spiro atoms. The topological polar surface area (TPSA) is 99.6 Å². The normalized spacial score (nSPS) is 14.7. The third-order valence-corrected chi connectivity index (χ3v) is 3.56. The van der Waals surface area contributed by atoms with Gasteiger partial charge in [0.2, 0.25) is 11.8 Å². The highest BCUT2D eigenvalue weighted by Crippen LogP contribution is 2.10. The van der Waals surface area contributed by atoms with Crippen molar-refractivity contribution in [3.05, 3.63) is 16.1 Å². The largest absolute Gasteiger partial charge is 0.476 e. The second-order valence-electron chi connectivity index (χ2n) is 4.13. The number of likely N-dealkylation sites (tertiary alicyclic amines) is 1. The van der Waals surface area contributed by atoms with Gasteiger partial charge in [0.25, 0.3) is 0 Å². The molecule has 2 rings (SSSR count). The Morgan fingerprint density at radius 1 is 1.53 bits per heavy atom. The van der Waals surface area contributed by atoms with Gasteiger partial charge in [-0.25, -0.2) is 9.78 Å². The lowest BCUT2D eigenvalue weighted by Gasteiger charge is -2.14. The highest BCUT2D eigenvalue weighted by Gasteiger charge is 2.22. The molecule has 1 aromatic heterocycles. The number of nitrogens with zero attached hydrogens (tertiary/aromatic N) is 2. The summed E-state index contributed by atoms with van der Waals surface area (Å²) in [7, 11) is 0. The van der Waals surface area contributed by atoms with E-state index in [2.05, 4.69) is 10.3 Å². The van der Waals surface area contributed by atoms with Gasteiger partial charge in [-0.2, -0.15) is 0 Å². The second kappa shape index (κ2) is 5.79. The number of amides is 2. The molecule has 1 aliphatic rings. The Labute approximate surface area is 113 Å². The monoisotopic (exact) mass is 283 g/mol. The van der Waals surface area contributed by atoms with E-state index in [1.807, 2.05) is 0 Å². The first-order valence-electron chi connectivity index (χ1n) is 5.78. The van der Waals surface area contributed by atoms with Gasteiger partial charge < -0.3 is 15.3 Å². The van der Waals surface area contributed by atoms with Crippen LogP contribution in [-0.4, -0.2) is 45.9 Å². The summed E-state index contributed by atoms with van der Waals surface area (Å²) in [4.78, 5) is 38.9. The summed E-state index contributed by atoms with van der Waals surface area (Å²) in [5.41, 5.74) is -0.0241. The number of carboxylic acid groups (broad SMARTS) is 1. The van der Waals surface area contributed by atoms with E-state index in [0.717, 1.165) is 6.42 Å². The summed E-state index contributed by atoms with van der Waals surface area (Å²) in [6.45, 7) is 0.849. The molecule has 0 bridgehead atoms. The lowest BCUT2D eigenvalue weighted by Crippen LogP contribution is -2.37. The van der Waals surface area contributed by atoms with Crippen LogP contribution in [0.15, 0.2) is 5.38 Å². The standard InChI is InChI=1S/C11H13N3O4S/c15-8(5-14-3-1-2-10(14)16)12-4-9-13-7(6-19-9)11(17)18/h6H,1-5H2,(H,12,15)(H,17,18). The fourth-order valence-electron chi connectivity index (χ4n) is 1.76. The molecule has 1 saturated heterocycles. The average molecular weight is 283 g/mol. The fraction of sp³-hybridized carbons (Fsp3) is 0.455. The fourth-order valence-corrected chi connectivity index (χ4v) is 2.47. The van der Waals surface area contributed by atoms with Gasteiger partial charge in [-0.05, 0) is 6.42 Å². The Bertz CT molecular complexity index is 514. The van der Waals surface area contributed by atoms with Crippen LogP contribution in [0.25, 0.3) is 0 Å². The van der Waals surface area contributed by atoms with Crippen molar-refractivity contribution in [2.75, 3.05) is 13.1 Å². The predicted molar refractivity (Wildman–Crippen MR) is 66.7 cm³/mol. The zero-order chi connectivity index (χ0) is 13.8. The Morgan fingerprint density at radius 2 is 2.32 bits per heavy atom. The minimum Gasteiger partial charge on any atom is -0.476 e. The SMILES string of the molecule is O=C(CN1CCCC1=O)NCc1nc(C(=O)O)cs1. The molecule has 0 aliphatic carbocycles. The minimum absolute atomic E-state index is 0.00226. The maximum atomic E-state index is 11.6. The van der Waals surface area contributed by atoms with Gasteiger partial charge in [-0.1, -0.05) is 0 Å². The quantitative estimate of drug-likeness (QED) is 0.797. The first-order valence-corrected chi connectivity index (χ1v) is 6.66. The van der Waals surface area contributed by atoms with Gasteiger partial charge >= 0.3 is 5.97 Å². The van der Waals surface area contributed by atoms with E-state index >= 15 is 0 Å². The Balaban J connectivity index is 1.79. The van der Waals surface area contributed by atoms with Crippen LogP contribution in [0.2, 0.25) is 0 Å². The van der Waals surface area contributed by atoms with E-state index in [1.54, 1.807) is 0 Å². The van der Waals surface area contributed by atoms with Gasteiger partial charge in [0.05, 0.1) is 13.1 Å². The molecule has 0 radical (unpaired) electrons. The van der Waals surface area contributed by atoms with Crippen molar-refractivity contribution < 1.29 is 19.5 Å². The zero-order valence-electron chi connectivity index (χ0n) is 10.1. The molecule has 0 saturated carbocycles. The van der Waals surface area contributed by atoms with E-state index in [0.29, 0.717) is 18.0 Å². The Hall–Kier alpha value is -1.96. The van der Waals surface area contributed by atoms with Crippen molar-refractivity contribution in [2.24, 2.45) is 0 Å². The van der Waals surface area contributed by atoms with Crippen molar-refractivity contribution in [1.82, 2.24) is 15.2 Å². The van der Waals surface area contributed by atoms with E-state index in [-0.39, 0.29) is 30.6 Å². The molecule has 8 heteroatoms. The number of hydrogen-bond acceptors (Lipinski definition) is 5. The molecule has 2 amide bonds. The molecule has 1 aromatic rings. The van der Waals surface area contributed by atoms with E-state index in [9.17, 15) is 14.4 Å². The van der Waals surface area contributed by atoms with Crippen molar-refractivity contribution in [3.63, 3.8) is 0 Å². The van der Waals surface area contributed by atoms with Gasteiger partial charge in [0.15, 0.2) is 5.69 Å². The van der Waals surface area contributed by atoms with Crippen molar-refractivity contribution >= 4 is 29.1 Å². The first-order chi connectivity index (χ1) is 9.06. The van der Waals surface area contributed by atoms with Crippen molar-refractivity contribution in [3.8, 4) is 0 Å². The number of carbonyl (C=O) groups is 3. The van der Waals surface area contributed by atoms with Crippen LogP contribution in [0.3, 0.4) is 0 Å². The van der Waals surface area contributed by atoms with Crippen LogP contribution < -0.4 is 5.32 Å². The summed E-state index contributed by atoms with van der Waals surface area (Å²) in [6, 6.07) is 0. The third-order valence-electron chi connectivity index (χ3n) is 2.71. The number of rotatable bonds is 5.